The zero-order valence-electron chi connectivity index (χ0n) is 16.6. The highest BCUT2D eigenvalue weighted by Crippen LogP contribution is 2.26. The fourth-order valence-electron chi connectivity index (χ4n) is 2.88. The van der Waals surface area contributed by atoms with E-state index in [2.05, 4.69) is 76.4 Å². The summed E-state index contributed by atoms with van der Waals surface area (Å²) < 4.78 is 1.93. The SMILES string of the molecule is CN=C(NCc1cccc(Cn2cccn2)c1)NCC(C)(C)c1cccs1.I. The molecule has 1 aromatic carbocycles. The number of aromatic nitrogens is 2. The van der Waals surface area contributed by atoms with E-state index in [1.807, 2.05) is 24.0 Å². The molecule has 0 saturated heterocycles. The number of aliphatic imine (C=N–C) groups is 1. The van der Waals surface area contributed by atoms with Gasteiger partial charge in [-0.25, -0.2) is 0 Å². The Bertz CT molecular complexity index is 857. The number of nitrogens with one attached hydrogen (secondary N) is 2. The van der Waals surface area contributed by atoms with Crippen LogP contribution in [0.15, 0.2) is 65.2 Å². The lowest BCUT2D eigenvalue weighted by Gasteiger charge is -2.25. The molecule has 0 amide bonds. The number of benzene rings is 1. The maximum absolute atomic E-state index is 4.35. The molecule has 0 bridgehead atoms. The number of hydrogen-bond donors (Lipinski definition) is 2. The van der Waals surface area contributed by atoms with E-state index in [4.69, 9.17) is 0 Å². The summed E-state index contributed by atoms with van der Waals surface area (Å²) in [5, 5.41) is 13.3. The van der Waals surface area contributed by atoms with Crippen LogP contribution in [0.4, 0.5) is 0 Å². The molecular weight excluding hydrogens is 481 g/mol. The van der Waals surface area contributed by atoms with E-state index in [0.717, 1.165) is 25.6 Å². The van der Waals surface area contributed by atoms with Crippen LogP contribution < -0.4 is 10.6 Å². The quantitative estimate of drug-likeness (QED) is 0.285. The van der Waals surface area contributed by atoms with Crippen molar-refractivity contribution in [2.45, 2.75) is 32.4 Å². The number of halogens is 1. The van der Waals surface area contributed by atoms with Crippen molar-refractivity contribution in [3.05, 3.63) is 76.2 Å². The third-order valence-electron chi connectivity index (χ3n) is 4.46. The Morgan fingerprint density at radius 1 is 1.14 bits per heavy atom. The van der Waals surface area contributed by atoms with Crippen molar-refractivity contribution in [3.63, 3.8) is 0 Å². The van der Waals surface area contributed by atoms with Crippen molar-refractivity contribution in [2.24, 2.45) is 4.99 Å². The van der Waals surface area contributed by atoms with E-state index in [1.54, 1.807) is 17.5 Å². The predicted molar refractivity (Wildman–Crippen MR) is 129 cm³/mol. The molecule has 0 unspecified atom stereocenters. The molecule has 2 heterocycles. The van der Waals surface area contributed by atoms with Gasteiger partial charge in [0.25, 0.3) is 0 Å². The second-order valence-electron chi connectivity index (χ2n) is 7.16. The number of rotatable bonds is 7. The fourth-order valence-corrected chi connectivity index (χ4v) is 3.73. The summed E-state index contributed by atoms with van der Waals surface area (Å²) in [5.41, 5.74) is 2.52. The van der Waals surface area contributed by atoms with Crippen LogP contribution in [0.3, 0.4) is 0 Å². The average molecular weight is 509 g/mol. The minimum atomic E-state index is 0. The highest BCUT2D eigenvalue weighted by molar-refractivity contribution is 14.0. The minimum absolute atomic E-state index is 0. The Morgan fingerprint density at radius 3 is 2.64 bits per heavy atom. The van der Waals surface area contributed by atoms with Gasteiger partial charge in [0, 0.05) is 42.8 Å². The summed E-state index contributed by atoms with van der Waals surface area (Å²) in [6.07, 6.45) is 3.78. The Labute approximate surface area is 188 Å². The maximum Gasteiger partial charge on any atom is 0.191 e. The molecule has 0 aliphatic rings. The molecule has 28 heavy (non-hydrogen) atoms. The molecule has 0 saturated carbocycles. The molecule has 0 radical (unpaired) electrons. The summed E-state index contributed by atoms with van der Waals surface area (Å²) in [6, 6.07) is 14.8. The predicted octanol–water partition coefficient (Wildman–Crippen LogP) is 4.25. The van der Waals surface area contributed by atoms with Gasteiger partial charge in [-0.3, -0.25) is 9.67 Å². The van der Waals surface area contributed by atoms with E-state index >= 15 is 0 Å². The molecule has 2 aromatic heterocycles. The first-order chi connectivity index (χ1) is 13.1. The van der Waals surface area contributed by atoms with Crippen molar-refractivity contribution in [2.75, 3.05) is 13.6 Å². The Balaban J connectivity index is 0.00000280. The molecule has 3 aromatic rings. The van der Waals surface area contributed by atoms with Gasteiger partial charge in [-0.05, 0) is 28.6 Å². The first-order valence-corrected chi connectivity index (χ1v) is 9.98. The zero-order valence-corrected chi connectivity index (χ0v) is 19.7. The van der Waals surface area contributed by atoms with Crippen molar-refractivity contribution >= 4 is 41.3 Å². The Kier molecular flexibility index (Phi) is 8.50. The largest absolute Gasteiger partial charge is 0.356 e. The van der Waals surface area contributed by atoms with Crippen LogP contribution >= 0.6 is 35.3 Å². The van der Waals surface area contributed by atoms with E-state index in [-0.39, 0.29) is 29.4 Å². The van der Waals surface area contributed by atoms with Crippen LogP contribution in [-0.4, -0.2) is 29.3 Å². The van der Waals surface area contributed by atoms with Crippen LogP contribution in [0.1, 0.15) is 29.9 Å². The summed E-state index contributed by atoms with van der Waals surface area (Å²) in [6.45, 7) is 6.83. The van der Waals surface area contributed by atoms with Crippen molar-refractivity contribution in [1.82, 2.24) is 20.4 Å². The zero-order chi connectivity index (χ0) is 19.1. The van der Waals surface area contributed by atoms with Gasteiger partial charge in [-0.1, -0.05) is 44.2 Å². The first-order valence-electron chi connectivity index (χ1n) is 9.10. The fraction of sp³-hybridized carbons (Fsp3) is 0.333. The minimum Gasteiger partial charge on any atom is -0.356 e. The van der Waals surface area contributed by atoms with Crippen molar-refractivity contribution in [3.8, 4) is 0 Å². The van der Waals surface area contributed by atoms with Gasteiger partial charge in [0.1, 0.15) is 0 Å². The Hall–Kier alpha value is -1.87. The molecule has 5 nitrogen and oxygen atoms in total. The molecule has 3 rings (SSSR count). The van der Waals surface area contributed by atoms with Crippen LogP contribution in [0.25, 0.3) is 0 Å². The summed E-state index contributed by atoms with van der Waals surface area (Å²) in [4.78, 5) is 5.73. The number of guanidine groups is 1. The highest BCUT2D eigenvalue weighted by Gasteiger charge is 2.21. The molecule has 2 N–H and O–H groups in total. The number of nitrogens with zero attached hydrogens (tertiary/aromatic N) is 3. The van der Waals surface area contributed by atoms with Gasteiger partial charge in [-0.15, -0.1) is 35.3 Å². The van der Waals surface area contributed by atoms with Gasteiger partial charge >= 0.3 is 0 Å². The van der Waals surface area contributed by atoms with E-state index < -0.39 is 0 Å². The van der Waals surface area contributed by atoms with Crippen molar-refractivity contribution in [1.29, 1.82) is 0 Å². The van der Waals surface area contributed by atoms with Gasteiger partial charge in [0.05, 0.1) is 6.54 Å². The molecule has 0 aliphatic heterocycles. The monoisotopic (exact) mass is 509 g/mol. The van der Waals surface area contributed by atoms with Crippen molar-refractivity contribution < 1.29 is 0 Å². The lowest BCUT2D eigenvalue weighted by Crippen LogP contribution is -2.42. The third-order valence-corrected chi connectivity index (χ3v) is 5.70. The van der Waals surface area contributed by atoms with E-state index in [1.165, 1.54) is 16.0 Å². The van der Waals surface area contributed by atoms with E-state index in [0.29, 0.717) is 0 Å². The maximum atomic E-state index is 4.35. The van der Waals surface area contributed by atoms with Gasteiger partial charge in [0.15, 0.2) is 5.96 Å². The normalized spacial score (nSPS) is 11.8. The molecule has 0 fully saturated rings. The highest BCUT2D eigenvalue weighted by atomic mass is 127. The lowest BCUT2D eigenvalue weighted by atomic mass is 9.91. The molecule has 0 aliphatic carbocycles. The summed E-state index contributed by atoms with van der Waals surface area (Å²) in [7, 11) is 1.81. The third kappa shape index (κ3) is 6.34. The van der Waals surface area contributed by atoms with Gasteiger partial charge in [-0.2, -0.15) is 5.10 Å². The van der Waals surface area contributed by atoms with E-state index in [9.17, 15) is 0 Å². The topological polar surface area (TPSA) is 54.2 Å². The number of thiophene rings is 1. The molecular formula is C21H28IN5S. The summed E-state index contributed by atoms with van der Waals surface area (Å²) in [5.74, 6) is 0.817. The van der Waals surface area contributed by atoms with Gasteiger partial charge in [0.2, 0.25) is 0 Å². The summed E-state index contributed by atoms with van der Waals surface area (Å²) >= 11 is 1.79. The smallest absolute Gasteiger partial charge is 0.191 e. The lowest BCUT2D eigenvalue weighted by molar-refractivity contribution is 0.518. The second-order valence-corrected chi connectivity index (χ2v) is 8.11. The van der Waals surface area contributed by atoms with Crippen LogP contribution in [-0.2, 0) is 18.5 Å². The Morgan fingerprint density at radius 2 is 1.96 bits per heavy atom. The first kappa shape index (κ1) is 22.4. The molecule has 0 spiro atoms. The molecule has 7 heteroatoms. The second kappa shape index (κ2) is 10.6. The molecule has 0 atom stereocenters. The molecule has 150 valence electrons. The van der Waals surface area contributed by atoms with Gasteiger partial charge < -0.3 is 10.6 Å². The average Bonchev–Trinajstić information content (AvgIpc) is 3.36. The standard InChI is InChI=1S/C21H27N5S.HI/c1-21(2,19-9-5-12-27-19)16-24-20(22-3)23-14-17-7-4-8-18(13-17)15-26-11-6-10-25-26;/h4-13H,14-16H2,1-3H3,(H2,22,23,24);1H. The van der Waals surface area contributed by atoms with Crippen LogP contribution in [0.5, 0.6) is 0 Å². The number of hydrogen-bond acceptors (Lipinski definition) is 3. The van der Waals surface area contributed by atoms with Crippen LogP contribution in [0, 0.1) is 0 Å². The van der Waals surface area contributed by atoms with Crippen LogP contribution in [0.2, 0.25) is 0 Å².